The first kappa shape index (κ1) is 11.4. The average molecular weight is 220 g/mol. The summed E-state index contributed by atoms with van der Waals surface area (Å²) in [7, 11) is 0. The molecule has 88 valence electrons. The molecule has 3 heteroatoms. The smallest absolute Gasteiger partial charge is 0.213 e. The van der Waals surface area contributed by atoms with Crippen molar-refractivity contribution in [3.63, 3.8) is 0 Å². The van der Waals surface area contributed by atoms with Crippen molar-refractivity contribution in [1.29, 1.82) is 0 Å². The SMILES string of the molecule is c1ccc(OCCCN2CCCCC2)nc1. The lowest BCUT2D eigenvalue weighted by atomic mass is 10.1. The van der Waals surface area contributed by atoms with Crippen LogP contribution in [0.25, 0.3) is 0 Å². The van der Waals surface area contributed by atoms with Gasteiger partial charge in [-0.05, 0) is 38.4 Å². The molecule has 1 aromatic rings. The molecule has 1 aliphatic rings. The summed E-state index contributed by atoms with van der Waals surface area (Å²) in [6, 6.07) is 5.76. The zero-order chi connectivity index (χ0) is 11.1. The fourth-order valence-corrected chi connectivity index (χ4v) is 2.08. The lowest BCUT2D eigenvalue weighted by molar-refractivity contribution is 0.203. The van der Waals surface area contributed by atoms with E-state index in [0.29, 0.717) is 0 Å². The first-order valence-corrected chi connectivity index (χ1v) is 6.21. The lowest BCUT2D eigenvalue weighted by Gasteiger charge is -2.26. The molecule has 0 spiro atoms. The molecule has 0 amide bonds. The first-order valence-electron chi connectivity index (χ1n) is 6.21. The maximum Gasteiger partial charge on any atom is 0.213 e. The summed E-state index contributed by atoms with van der Waals surface area (Å²) in [4.78, 5) is 6.66. The molecule has 0 atom stereocenters. The highest BCUT2D eigenvalue weighted by atomic mass is 16.5. The minimum atomic E-state index is 0.737. The maximum absolute atomic E-state index is 5.56. The Bertz CT molecular complexity index is 283. The third kappa shape index (κ3) is 3.81. The Hall–Kier alpha value is -1.09. The van der Waals surface area contributed by atoms with Crippen LogP contribution in [-0.4, -0.2) is 36.1 Å². The molecule has 0 saturated carbocycles. The van der Waals surface area contributed by atoms with E-state index >= 15 is 0 Å². The molecule has 2 heterocycles. The zero-order valence-corrected chi connectivity index (χ0v) is 9.77. The van der Waals surface area contributed by atoms with E-state index in [1.807, 2.05) is 18.2 Å². The van der Waals surface area contributed by atoms with E-state index in [0.717, 1.165) is 25.5 Å². The summed E-state index contributed by atoms with van der Waals surface area (Å²) in [5, 5.41) is 0. The van der Waals surface area contributed by atoms with E-state index in [1.165, 1.54) is 32.4 Å². The number of rotatable bonds is 5. The fraction of sp³-hybridized carbons (Fsp3) is 0.615. The lowest BCUT2D eigenvalue weighted by Crippen LogP contribution is -2.31. The topological polar surface area (TPSA) is 25.4 Å². The number of pyridine rings is 1. The van der Waals surface area contributed by atoms with Gasteiger partial charge in [-0.15, -0.1) is 0 Å². The van der Waals surface area contributed by atoms with Crippen LogP contribution in [0.3, 0.4) is 0 Å². The predicted molar refractivity (Wildman–Crippen MR) is 64.6 cm³/mol. The Kier molecular flexibility index (Phi) is 4.62. The molecule has 1 aliphatic heterocycles. The van der Waals surface area contributed by atoms with Crippen LogP contribution in [0.2, 0.25) is 0 Å². The van der Waals surface area contributed by atoms with Crippen LogP contribution < -0.4 is 4.74 Å². The summed E-state index contributed by atoms with van der Waals surface area (Å²) in [5.74, 6) is 0.737. The van der Waals surface area contributed by atoms with Crippen LogP contribution in [0.1, 0.15) is 25.7 Å². The number of nitrogens with zero attached hydrogens (tertiary/aromatic N) is 2. The van der Waals surface area contributed by atoms with Crippen LogP contribution in [0.15, 0.2) is 24.4 Å². The summed E-state index contributed by atoms with van der Waals surface area (Å²) in [6.45, 7) is 4.47. The highest BCUT2D eigenvalue weighted by Gasteiger charge is 2.08. The second-order valence-electron chi connectivity index (χ2n) is 4.27. The minimum Gasteiger partial charge on any atom is -0.478 e. The van der Waals surface area contributed by atoms with Gasteiger partial charge in [0, 0.05) is 18.8 Å². The van der Waals surface area contributed by atoms with E-state index in [4.69, 9.17) is 4.74 Å². The largest absolute Gasteiger partial charge is 0.478 e. The van der Waals surface area contributed by atoms with Crippen molar-refractivity contribution in [2.24, 2.45) is 0 Å². The van der Waals surface area contributed by atoms with Crippen molar-refractivity contribution >= 4 is 0 Å². The standard InChI is InChI=1S/C13H20N2O/c1-4-9-15(10-5-1)11-6-12-16-13-7-2-3-8-14-13/h2-3,7-8H,1,4-6,9-12H2. The highest BCUT2D eigenvalue weighted by molar-refractivity contribution is 5.08. The van der Waals surface area contributed by atoms with Crippen LogP contribution in [0.4, 0.5) is 0 Å². The Balaban J connectivity index is 1.58. The van der Waals surface area contributed by atoms with Crippen LogP contribution in [-0.2, 0) is 0 Å². The quantitative estimate of drug-likeness (QED) is 0.712. The van der Waals surface area contributed by atoms with Crippen molar-refractivity contribution in [1.82, 2.24) is 9.88 Å². The molecule has 3 nitrogen and oxygen atoms in total. The number of likely N-dealkylation sites (tertiary alicyclic amines) is 1. The molecule has 16 heavy (non-hydrogen) atoms. The molecule has 0 aromatic carbocycles. The Morgan fingerprint density at radius 3 is 2.81 bits per heavy atom. The van der Waals surface area contributed by atoms with E-state index < -0.39 is 0 Å². The van der Waals surface area contributed by atoms with E-state index in [-0.39, 0.29) is 0 Å². The van der Waals surface area contributed by atoms with Gasteiger partial charge < -0.3 is 9.64 Å². The Morgan fingerprint density at radius 1 is 1.19 bits per heavy atom. The third-order valence-electron chi connectivity index (χ3n) is 2.96. The van der Waals surface area contributed by atoms with Crippen LogP contribution in [0.5, 0.6) is 5.88 Å². The molecule has 2 rings (SSSR count). The molecule has 0 bridgehead atoms. The molecule has 1 saturated heterocycles. The molecule has 0 N–H and O–H groups in total. The van der Waals surface area contributed by atoms with Crippen molar-refractivity contribution in [3.05, 3.63) is 24.4 Å². The van der Waals surface area contributed by atoms with Gasteiger partial charge in [0.25, 0.3) is 0 Å². The number of piperidine rings is 1. The van der Waals surface area contributed by atoms with Gasteiger partial charge in [0.1, 0.15) is 0 Å². The molecule has 1 aromatic heterocycles. The highest BCUT2D eigenvalue weighted by Crippen LogP contribution is 2.09. The minimum absolute atomic E-state index is 0.737. The van der Waals surface area contributed by atoms with Gasteiger partial charge in [0.05, 0.1) is 6.61 Å². The number of ether oxygens (including phenoxy) is 1. The Labute approximate surface area is 97.4 Å². The van der Waals surface area contributed by atoms with Crippen molar-refractivity contribution < 1.29 is 4.74 Å². The number of hydrogen-bond donors (Lipinski definition) is 0. The van der Waals surface area contributed by atoms with E-state index in [2.05, 4.69) is 9.88 Å². The summed E-state index contributed by atoms with van der Waals surface area (Å²) >= 11 is 0. The summed E-state index contributed by atoms with van der Waals surface area (Å²) in [6.07, 6.45) is 6.99. The zero-order valence-electron chi connectivity index (χ0n) is 9.77. The van der Waals surface area contributed by atoms with Gasteiger partial charge in [-0.3, -0.25) is 0 Å². The summed E-state index contributed by atoms with van der Waals surface area (Å²) in [5.41, 5.74) is 0. The fourth-order valence-electron chi connectivity index (χ4n) is 2.08. The van der Waals surface area contributed by atoms with Crippen molar-refractivity contribution in [2.45, 2.75) is 25.7 Å². The monoisotopic (exact) mass is 220 g/mol. The molecule has 1 fully saturated rings. The third-order valence-corrected chi connectivity index (χ3v) is 2.96. The van der Waals surface area contributed by atoms with Gasteiger partial charge >= 0.3 is 0 Å². The second-order valence-corrected chi connectivity index (χ2v) is 4.27. The number of hydrogen-bond acceptors (Lipinski definition) is 3. The van der Waals surface area contributed by atoms with Gasteiger partial charge in [0.2, 0.25) is 5.88 Å². The van der Waals surface area contributed by atoms with Gasteiger partial charge in [0.15, 0.2) is 0 Å². The average Bonchev–Trinajstić information content (AvgIpc) is 2.37. The molecular formula is C13H20N2O. The van der Waals surface area contributed by atoms with Gasteiger partial charge in [-0.2, -0.15) is 0 Å². The predicted octanol–water partition coefficient (Wildman–Crippen LogP) is 2.34. The molecule has 0 unspecified atom stereocenters. The van der Waals surface area contributed by atoms with E-state index in [9.17, 15) is 0 Å². The van der Waals surface area contributed by atoms with Gasteiger partial charge in [-0.25, -0.2) is 4.98 Å². The maximum atomic E-state index is 5.56. The van der Waals surface area contributed by atoms with Crippen molar-refractivity contribution in [3.8, 4) is 5.88 Å². The van der Waals surface area contributed by atoms with E-state index in [1.54, 1.807) is 6.20 Å². The van der Waals surface area contributed by atoms with Gasteiger partial charge in [-0.1, -0.05) is 12.5 Å². The normalized spacial score (nSPS) is 17.2. The van der Waals surface area contributed by atoms with Crippen molar-refractivity contribution in [2.75, 3.05) is 26.2 Å². The number of aromatic nitrogens is 1. The second kappa shape index (κ2) is 6.48. The summed E-state index contributed by atoms with van der Waals surface area (Å²) < 4.78 is 5.56. The first-order chi connectivity index (χ1) is 7.95. The Morgan fingerprint density at radius 2 is 2.06 bits per heavy atom. The van der Waals surface area contributed by atoms with Crippen LogP contribution >= 0.6 is 0 Å². The van der Waals surface area contributed by atoms with Crippen LogP contribution in [0, 0.1) is 0 Å². The molecular weight excluding hydrogens is 200 g/mol. The molecule has 0 aliphatic carbocycles. The molecule has 0 radical (unpaired) electrons.